The molecule has 0 unspecified atom stereocenters. The van der Waals surface area contributed by atoms with Crippen LogP contribution in [0.2, 0.25) is 0 Å². The van der Waals surface area contributed by atoms with Crippen molar-refractivity contribution in [3.8, 4) is 0 Å². The van der Waals surface area contributed by atoms with Gasteiger partial charge in [-0.1, -0.05) is 18.2 Å². The number of imidazole rings is 1. The van der Waals surface area contributed by atoms with Gasteiger partial charge in [-0.25, -0.2) is 9.78 Å². The van der Waals surface area contributed by atoms with Gasteiger partial charge in [-0.3, -0.25) is 4.79 Å². The number of nitrogens with one attached hydrogen (secondary N) is 1. The third kappa shape index (κ3) is 3.23. The lowest BCUT2D eigenvalue weighted by Gasteiger charge is -2.06. The van der Waals surface area contributed by atoms with E-state index in [0.29, 0.717) is 24.2 Å². The van der Waals surface area contributed by atoms with E-state index < -0.39 is 5.97 Å². The average Bonchev–Trinajstić information content (AvgIpc) is 2.86. The largest absolute Gasteiger partial charge is 0.478 e. The van der Waals surface area contributed by atoms with Gasteiger partial charge in [-0.05, 0) is 18.1 Å². The molecule has 0 aliphatic heterocycles. The highest BCUT2D eigenvalue weighted by molar-refractivity contribution is 5.92. The summed E-state index contributed by atoms with van der Waals surface area (Å²) in [6.45, 7) is 0.361. The van der Waals surface area contributed by atoms with Gasteiger partial charge in [0, 0.05) is 19.8 Å². The normalized spacial score (nSPS) is 10.2. The zero-order valence-corrected chi connectivity index (χ0v) is 11.0. The van der Waals surface area contributed by atoms with Crippen molar-refractivity contribution in [2.45, 2.75) is 6.42 Å². The number of carbonyl (C=O) groups is 2. The molecule has 0 fully saturated rings. The van der Waals surface area contributed by atoms with Crippen LogP contribution in [0, 0.1) is 0 Å². The number of aryl methyl sites for hydroxylation is 1. The van der Waals surface area contributed by atoms with Crippen molar-refractivity contribution in [2.75, 3.05) is 6.54 Å². The number of rotatable bonds is 5. The van der Waals surface area contributed by atoms with E-state index in [9.17, 15) is 9.59 Å². The maximum absolute atomic E-state index is 11.8. The lowest BCUT2D eigenvalue weighted by molar-refractivity contribution is 0.0695. The number of nitrogens with zero attached hydrogens (tertiary/aromatic N) is 2. The minimum atomic E-state index is -0.961. The zero-order valence-electron chi connectivity index (χ0n) is 11.0. The highest BCUT2D eigenvalue weighted by atomic mass is 16.4. The Labute approximate surface area is 116 Å². The third-order valence-corrected chi connectivity index (χ3v) is 2.87. The second-order valence-electron chi connectivity index (χ2n) is 4.39. The average molecular weight is 273 g/mol. The standard InChI is InChI=1S/C14H15N3O3/c1-17-8-12(16-9-17)13(18)15-7-6-10-4-2-3-5-11(10)14(19)20/h2-5,8-9H,6-7H2,1H3,(H,15,18)(H,19,20). The lowest BCUT2D eigenvalue weighted by Crippen LogP contribution is -2.26. The minimum Gasteiger partial charge on any atom is -0.478 e. The van der Waals surface area contributed by atoms with Gasteiger partial charge in [0.1, 0.15) is 5.69 Å². The lowest BCUT2D eigenvalue weighted by atomic mass is 10.0. The van der Waals surface area contributed by atoms with Crippen LogP contribution in [0.1, 0.15) is 26.4 Å². The smallest absolute Gasteiger partial charge is 0.335 e. The molecule has 0 aliphatic rings. The monoisotopic (exact) mass is 273 g/mol. The molecular weight excluding hydrogens is 258 g/mol. The van der Waals surface area contributed by atoms with E-state index in [1.54, 1.807) is 48.4 Å². The first-order chi connectivity index (χ1) is 9.58. The van der Waals surface area contributed by atoms with Crippen LogP contribution >= 0.6 is 0 Å². The van der Waals surface area contributed by atoms with E-state index in [1.165, 1.54) is 0 Å². The van der Waals surface area contributed by atoms with E-state index in [1.807, 2.05) is 0 Å². The van der Waals surface area contributed by atoms with Gasteiger partial charge >= 0.3 is 5.97 Å². The molecule has 1 aromatic carbocycles. The molecule has 20 heavy (non-hydrogen) atoms. The maximum atomic E-state index is 11.8. The fraction of sp³-hybridized carbons (Fsp3) is 0.214. The van der Waals surface area contributed by atoms with E-state index in [4.69, 9.17) is 5.11 Å². The molecule has 0 aliphatic carbocycles. The molecule has 6 heteroatoms. The van der Waals surface area contributed by atoms with Gasteiger partial charge in [0.15, 0.2) is 0 Å². The quantitative estimate of drug-likeness (QED) is 0.854. The topological polar surface area (TPSA) is 84.2 Å². The van der Waals surface area contributed by atoms with Gasteiger partial charge in [-0.2, -0.15) is 0 Å². The van der Waals surface area contributed by atoms with E-state index in [2.05, 4.69) is 10.3 Å². The predicted octanol–water partition coefficient (Wildman–Crippen LogP) is 1.09. The van der Waals surface area contributed by atoms with Crippen LogP contribution in [0.3, 0.4) is 0 Å². The molecule has 6 nitrogen and oxygen atoms in total. The van der Waals surface area contributed by atoms with Crippen molar-refractivity contribution in [3.63, 3.8) is 0 Å². The Bertz CT molecular complexity index is 634. The molecule has 1 amide bonds. The van der Waals surface area contributed by atoms with Crippen molar-refractivity contribution in [3.05, 3.63) is 53.6 Å². The number of aromatic nitrogens is 2. The van der Waals surface area contributed by atoms with Crippen LogP contribution in [0.25, 0.3) is 0 Å². The number of carboxylic acids is 1. The fourth-order valence-electron chi connectivity index (χ4n) is 1.88. The van der Waals surface area contributed by atoms with Crippen LogP contribution < -0.4 is 5.32 Å². The van der Waals surface area contributed by atoms with Gasteiger partial charge in [0.05, 0.1) is 11.9 Å². The molecule has 0 radical (unpaired) electrons. The van der Waals surface area contributed by atoms with Gasteiger partial charge in [0.25, 0.3) is 5.91 Å². The van der Waals surface area contributed by atoms with E-state index in [0.717, 1.165) is 0 Å². The van der Waals surface area contributed by atoms with Crippen LogP contribution in [0.5, 0.6) is 0 Å². The molecule has 1 heterocycles. The number of carbonyl (C=O) groups excluding carboxylic acids is 1. The van der Waals surface area contributed by atoms with Crippen molar-refractivity contribution in [2.24, 2.45) is 7.05 Å². The Kier molecular flexibility index (Phi) is 4.14. The number of aromatic carboxylic acids is 1. The summed E-state index contributed by atoms with van der Waals surface area (Å²) in [6, 6.07) is 6.76. The Hall–Kier alpha value is -2.63. The molecule has 2 aromatic rings. The predicted molar refractivity (Wildman–Crippen MR) is 72.6 cm³/mol. The minimum absolute atomic E-state index is 0.264. The summed E-state index contributed by atoms with van der Waals surface area (Å²) < 4.78 is 1.69. The van der Waals surface area contributed by atoms with E-state index in [-0.39, 0.29) is 11.5 Å². The first-order valence-electron chi connectivity index (χ1n) is 6.15. The molecule has 2 N–H and O–H groups in total. The van der Waals surface area contributed by atoms with Crippen molar-refractivity contribution in [1.82, 2.24) is 14.9 Å². The van der Waals surface area contributed by atoms with Crippen LogP contribution in [0.4, 0.5) is 0 Å². The van der Waals surface area contributed by atoms with E-state index >= 15 is 0 Å². The number of hydrogen-bond acceptors (Lipinski definition) is 3. The molecule has 0 saturated heterocycles. The Morgan fingerprint density at radius 2 is 2.10 bits per heavy atom. The van der Waals surface area contributed by atoms with Gasteiger partial charge in [0.2, 0.25) is 0 Å². The molecule has 104 valence electrons. The Balaban J connectivity index is 1.93. The van der Waals surface area contributed by atoms with Crippen LogP contribution in [-0.4, -0.2) is 33.1 Å². The van der Waals surface area contributed by atoms with Gasteiger partial charge in [-0.15, -0.1) is 0 Å². The molecule has 0 spiro atoms. The summed E-state index contributed by atoms with van der Waals surface area (Å²) in [5.74, 6) is -1.23. The fourth-order valence-corrected chi connectivity index (χ4v) is 1.88. The summed E-state index contributed by atoms with van der Waals surface area (Å²) in [7, 11) is 1.78. The second kappa shape index (κ2) is 6.01. The Morgan fingerprint density at radius 3 is 2.75 bits per heavy atom. The maximum Gasteiger partial charge on any atom is 0.335 e. The van der Waals surface area contributed by atoms with Gasteiger partial charge < -0.3 is 15.0 Å². The zero-order chi connectivity index (χ0) is 14.5. The molecule has 0 atom stereocenters. The van der Waals surface area contributed by atoms with Crippen LogP contribution in [0.15, 0.2) is 36.8 Å². The molecule has 0 saturated carbocycles. The summed E-state index contributed by atoms with van der Waals surface area (Å²) in [4.78, 5) is 26.8. The summed E-state index contributed by atoms with van der Waals surface area (Å²) in [5.41, 5.74) is 1.31. The van der Waals surface area contributed by atoms with Crippen LogP contribution in [-0.2, 0) is 13.5 Å². The molecular formula is C14H15N3O3. The second-order valence-corrected chi connectivity index (χ2v) is 4.39. The number of benzene rings is 1. The third-order valence-electron chi connectivity index (χ3n) is 2.87. The highest BCUT2D eigenvalue weighted by Crippen LogP contribution is 2.09. The number of amides is 1. The number of carboxylic acid groups (broad SMARTS) is 1. The summed E-state index contributed by atoms with van der Waals surface area (Å²) >= 11 is 0. The Morgan fingerprint density at radius 1 is 1.35 bits per heavy atom. The van der Waals surface area contributed by atoms with Crippen molar-refractivity contribution in [1.29, 1.82) is 0 Å². The first kappa shape index (κ1) is 13.8. The summed E-state index contributed by atoms with van der Waals surface area (Å²) in [5, 5.41) is 11.8. The number of hydrogen-bond donors (Lipinski definition) is 2. The highest BCUT2D eigenvalue weighted by Gasteiger charge is 2.10. The molecule has 1 aromatic heterocycles. The summed E-state index contributed by atoms with van der Waals surface area (Å²) in [6.07, 6.45) is 3.64. The molecule has 2 rings (SSSR count). The molecule has 0 bridgehead atoms. The SMILES string of the molecule is Cn1cnc(C(=O)NCCc2ccccc2C(=O)O)c1. The van der Waals surface area contributed by atoms with Crippen molar-refractivity contribution >= 4 is 11.9 Å². The first-order valence-corrected chi connectivity index (χ1v) is 6.15. The van der Waals surface area contributed by atoms with Crippen molar-refractivity contribution < 1.29 is 14.7 Å².